The summed E-state index contributed by atoms with van der Waals surface area (Å²) in [7, 11) is -4.00. The first-order valence-electron chi connectivity index (χ1n) is 9.92. The molecule has 0 saturated heterocycles. The minimum atomic E-state index is -4.00. The first-order chi connectivity index (χ1) is 15.6. The Morgan fingerprint density at radius 1 is 1.00 bits per heavy atom. The molecule has 1 saturated carbocycles. The van der Waals surface area contributed by atoms with E-state index in [1.165, 1.54) is 48.5 Å². The summed E-state index contributed by atoms with van der Waals surface area (Å²) in [6.07, 6.45) is 0.785. The normalized spacial score (nSPS) is 14.8. The maximum Gasteiger partial charge on any atom is 0.273 e. The van der Waals surface area contributed by atoms with E-state index in [1.807, 2.05) is 0 Å². The number of nitro groups is 1. The molecule has 168 valence electrons. The molecule has 0 radical (unpaired) electrons. The second-order valence-corrected chi connectivity index (χ2v) is 9.55. The molecule has 0 bridgehead atoms. The van der Waals surface area contributed by atoms with E-state index < -0.39 is 26.5 Å². The molecule has 1 aliphatic rings. The number of nitro benzene ring substituents is 1. The lowest BCUT2D eigenvalue weighted by molar-refractivity contribution is -0.384. The molecule has 1 fully saturated rings. The highest BCUT2D eigenvalue weighted by Crippen LogP contribution is 2.36. The molecular formula is C22H17N3O7S. The number of rotatable bonds is 6. The van der Waals surface area contributed by atoms with Gasteiger partial charge in [0.2, 0.25) is 0 Å². The number of furan rings is 1. The Morgan fingerprint density at radius 3 is 2.48 bits per heavy atom. The highest BCUT2D eigenvalue weighted by molar-refractivity contribution is 7.92. The lowest BCUT2D eigenvalue weighted by atomic mass is 10.1. The van der Waals surface area contributed by atoms with E-state index >= 15 is 0 Å². The van der Waals surface area contributed by atoms with Crippen LogP contribution in [0.15, 0.2) is 70.0 Å². The van der Waals surface area contributed by atoms with Crippen molar-refractivity contribution in [2.45, 2.75) is 23.3 Å². The highest BCUT2D eigenvalue weighted by Gasteiger charge is 2.48. The number of nitrogens with zero attached hydrogens (tertiary/aromatic N) is 1. The van der Waals surface area contributed by atoms with Crippen LogP contribution in [0.2, 0.25) is 0 Å². The molecule has 5 rings (SSSR count). The summed E-state index contributed by atoms with van der Waals surface area (Å²) in [5, 5.41) is 24.5. The molecule has 3 aromatic carbocycles. The number of hydrogen-bond donors (Lipinski definition) is 3. The van der Waals surface area contributed by atoms with E-state index in [-0.39, 0.29) is 21.9 Å². The molecule has 1 amide bonds. The van der Waals surface area contributed by atoms with Crippen molar-refractivity contribution in [1.29, 1.82) is 0 Å². The predicted molar refractivity (Wildman–Crippen MR) is 120 cm³/mol. The van der Waals surface area contributed by atoms with Gasteiger partial charge in [-0.05, 0) is 55.3 Å². The number of nitrogens with one attached hydrogen (secondary N) is 2. The van der Waals surface area contributed by atoms with Gasteiger partial charge >= 0.3 is 0 Å². The van der Waals surface area contributed by atoms with Crippen LogP contribution in [0.3, 0.4) is 0 Å². The van der Waals surface area contributed by atoms with Gasteiger partial charge in [-0.1, -0.05) is 6.07 Å². The quantitative estimate of drug-likeness (QED) is 0.288. The number of benzene rings is 3. The van der Waals surface area contributed by atoms with Crippen LogP contribution in [-0.4, -0.2) is 30.0 Å². The minimum absolute atomic E-state index is 0.0298. The largest absolute Gasteiger partial charge is 0.456 e. The Morgan fingerprint density at radius 2 is 1.76 bits per heavy atom. The number of carbonyl (C=O) groups is 1. The van der Waals surface area contributed by atoms with Gasteiger partial charge < -0.3 is 14.8 Å². The van der Waals surface area contributed by atoms with Crippen molar-refractivity contribution < 1.29 is 27.7 Å². The van der Waals surface area contributed by atoms with Crippen LogP contribution in [-0.2, 0) is 14.8 Å². The number of non-ortho nitro benzene ring substituents is 1. The van der Waals surface area contributed by atoms with Gasteiger partial charge in [-0.3, -0.25) is 19.6 Å². The van der Waals surface area contributed by atoms with Crippen LogP contribution < -0.4 is 10.0 Å². The van der Waals surface area contributed by atoms with Gasteiger partial charge in [0.05, 0.1) is 21.6 Å². The fourth-order valence-corrected chi connectivity index (χ4v) is 4.57. The van der Waals surface area contributed by atoms with Crippen LogP contribution in [0.4, 0.5) is 17.1 Å². The van der Waals surface area contributed by atoms with Crippen LogP contribution >= 0.6 is 0 Å². The van der Waals surface area contributed by atoms with Gasteiger partial charge in [-0.15, -0.1) is 0 Å². The van der Waals surface area contributed by atoms with Gasteiger partial charge in [0.1, 0.15) is 16.8 Å². The smallest absolute Gasteiger partial charge is 0.273 e. The molecule has 0 unspecified atom stereocenters. The van der Waals surface area contributed by atoms with Gasteiger partial charge in [-0.2, -0.15) is 0 Å². The standard InChI is InChI=1S/C22H17N3O7S/c26-21(22(27)8-9-22)23-13-2-1-3-14(10-13)24-33(30,31)16-5-7-19-18(12-16)17-6-4-15(25(28)29)11-20(17)32-19/h1-7,10-12,24,27H,8-9H2,(H,23,26). The minimum Gasteiger partial charge on any atom is -0.456 e. The summed E-state index contributed by atoms with van der Waals surface area (Å²) in [5.41, 5.74) is -0.230. The Bertz CT molecular complexity index is 1560. The summed E-state index contributed by atoms with van der Waals surface area (Å²) in [5.74, 6) is -0.528. The van der Waals surface area contributed by atoms with E-state index in [1.54, 1.807) is 12.1 Å². The van der Waals surface area contributed by atoms with Crippen LogP contribution in [0.5, 0.6) is 0 Å². The van der Waals surface area contributed by atoms with Gasteiger partial charge in [-0.25, -0.2) is 8.42 Å². The molecule has 33 heavy (non-hydrogen) atoms. The zero-order valence-electron chi connectivity index (χ0n) is 16.9. The summed E-state index contributed by atoms with van der Waals surface area (Å²) in [6.45, 7) is 0. The van der Waals surface area contributed by atoms with Gasteiger partial charge in [0.15, 0.2) is 0 Å². The number of sulfonamides is 1. The lowest BCUT2D eigenvalue weighted by Crippen LogP contribution is -2.29. The maximum atomic E-state index is 13.0. The Labute approximate surface area is 187 Å². The Balaban J connectivity index is 1.44. The number of amides is 1. The van der Waals surface area contributed by atoms with Crippen molar-refractivity contribution in [3.8, 4) is 0 Å². The van der Waals surface area contributed by atoms with Crippen LogP contribution in [0.1, 0.15) is 12.8 Å². The highest BCUT2D eigenvalue weighted by atomic mass is 32.2. The van der Waals surface area contributed by atoms with E-state index in [0.29, 0.717) is 34.9 Å². The fraction of sp³-hybridized carbons (Fsp3) is 0.136. The number of carbonyl (C=O) groups excluding carboxylic acids is 1. The molecular weight excluding hydrogens is 450 g/mol. The summed E-state index contributed by atoms with van der Waals surface area (Å²) >= 11 is 0. The van der Waals surface area contributed by atoms with E-state index in [2.05, 4.69) is 10.0 Å². The van der Waals surface area contributed by atoms with E-state index in [0.717, 1.165) is 0 Å². The predicted octanol–water partition coefficient (Wildman–Crippen LogP) is 3.76. The molecule has 1 aliphatic carbocycles. The monoisotopic (exact) mass is 467 g/mol. The lowest BCUT2D eigenvalue weighted by Gasteiger charge is -2.12. The number of fused-ring (bicyclic) bond motifs is 3. The Kier molecular flexibility index (Phi) is 4.62. The first-order valence-corrected chi connectivity index (χ1v) is 11.4. The second kappa shape index (κ2) is 7.29. The Hall–Kier alpha value is -3.96. The van der Waals surface area contributed by atoms with Crippen LogP contribution in [0.25, 0.3) is 21.9 Å². The number of anilines is 2. The number of hydrogen-bond acceptors (Lipinski definition) is 7. The third-order valence-electron chi connectivity index (χ3n) is 5.47. The fourth-order valence-electron chi connectivity index (χ4n) is 3.49. The van der Waals surface area contributed by atoms with Crippen molar-refractivity contribution in [3.05, 3.63) is 70.8 Å². The van der Waals surface area contributed by atoms with Crippen molar-refractivity contribution in [2.24, 2.45) is 0 Å². The van der Waals surface area contributed by atoms with Crippen LogP contribution in [0, 0.1) is 10.1 Å². The van der Waals surface area contributed by atoms with Gasteiger partial charge in [0, 0.05) is 22.5 Å². The average Bonchev–Trinajstić information content (AvgIpc) is 3.42. The van der Waals surface area contributed by atoms with Crippen molar-refractivity contribution >= 4 is 54.9 Å². The van der Waals surface area contributed by atoms with Crippen molar-refractivity contribution in [2.75, 3.05) is 10.0 Å². The van der Waals surface area contributed by atoms with E-state index in [4.69, 9.17) is 4.42 Å². The molecule has 11 heteroatoms. The van der Waals surface area contributed by atoms with Gasteiger partial charge in [0.25, 0.3) is 21.6 Å². The third-order valence-corrected chi connectivity index (χ3v) is 6.85. The summed E-state index contributed by atoms with van der Waals surface area (Å²) < 4.78 is 34.1. The maximum absolute atomic E-state index is 13.0. The molecule has 0 atom stereocenters. The molecule has 4 aromatic rings. The SMILES string of the molecule is O=C(Nc1cccc(NS(=O)(=O)c2ccc3oc4cc([N+](=O)[O-])ccc4c3c2)c1)C1(O)CC1. The summed E-state index contributed by atoms with van der Waals surface area (Å²) in [6, 6.07) is 14.6. The van der Waals surface area contributed by atoms with Crippen molar-refractivity contribution in [1.82, 2.24) is 0 Å². The molecule has 0 spiro atoms. The second-order valence-electron chi connectivity index (χ2n) is 7.87. The molecule has 3 N–H and O–H groups in total. The van der Waals surface area contributed by atoms with Crippen molar-refractivity contribution in [3.63, 3.8) is 0 Å². The zero-order chi connectivity index (χ0) is 23.4. The average molecular weight is 467 g/mol. The first kappa shape index (κ1) is 20.9. The zero-order valence-corrected chi connectivity index (χ0v) is 17.8. The molecule has 10 nitrogen and oxygen atoms in total. The molecule has 1 aromatic heterocycles. The number of aliphatic hydroxyl groups is 1. The topological polar surface area (TPSA) is 152 Å². The third kappa shape index (κ3) is 3.88. The molecule has 1 heterocycles. The van der Waals surface area contributed by atoms with E-state index in [9.17, 15) is 28.4 Å². The molecule has 0 aliphatic heterocycles. The summed E-state index contributed by atoms with van der Waals surface area (Å²) in [4.78, 5) is 22.5.